The molecule has 3 aromatic rings. The van der Waals surface area contributed by atoms with Crippen molar-refractivity contribution in [3.8, 4) is 5.75 Å². The van der Waals surface area contributed by atoms with Gasteiger partial charge in [0.25, 0.3) is 17.7 Å². The molecule has 3 rings (SSSR count). The van der Waals surface area contributed by atoms with Crippen molar-refractivity contribution in [3.63, 3.8) is 0 Å². The number of hydrogen-bond donors (Lipinski definition) is 4. The molecule has 1 heterocycles. The average Bonchev–Trinajstić information content (AvgIpc) is 2.77. The first kappa shape index (κ1) is 21.6. The summed E-state index contributed by atoms with van der Waals surface area (Å²) >= 11 is 0. The van der Waals surface area contributed by atoms with Gasteiger partial charge < -0.3 is 15.0 Å². The van der Waals surface area contributed by atoms with Gasteiger partial charge >= 0.3 is 0 Å². The standard InChI is InChI=1S/C22H22N4O5/c1-13-7-8-14(2)18(9-13)31-12-20(28)26-25-19(27)11-24-22(30)16-10-23-17-6-4-3-5-15(17)21(16)29/h3-10H,11-12H2,1-2H3,(H,23,29)(H,24,30)(H,25,27)(H,26,28). The molecule has 4 N–H and O–H groups in total. The Morgan fingerprint density at radius 3 is 2.55 bits per heavy atom. The van der Waals surface area contributed by atoms with Crippen molar-refractivity contribution in [2.75, 3.05) is 13.2 Å². The average molecular weight is 422 g/mol. The lowest BCUT2D eigenvalue weighted by atomic mass is 10.1. The number of ether oxygens (including phenoxy) is 1. The van der Waals surface area contributed by atoms with Crippen LogP contribution in [0.15, 0.2) is 53.5 Å². The number of aryl methyl sites for hydroxylation is 2. The maximum Gasteiger partial charge on any atom is 0.276 e. The van der Waals surface area contributed by atoms with Crippen LogP contribution in [0.2, 0.25) is 0 Å². The van der Waals surface area contributed by atoms with Crippen LogP contribution in [0.25, 0.3) is 10.9 Å². The van der Waals surface area contributed by atoms with Gasteiger partial charge in [-0.15, -0.1) is 0 Å². The minimum atomic E-state index is -0.702. The van der Waals surface area contributed by atoms with E-state index in [0.29, 0.717) is 16.7 Å². The van der Waals surface area contributed by atoms with Crippen molar-refractivity contribution in [2.24, 2.45) is 0 Å². The van der Waals surface area contributed by atoms with Crippen LogP contribution in [0.5, 0.6) is 5.75 Å². The fraction of sp³-hybridized carbons (Fsp3) is 0.182. The van der Waals surface area contributed by atoms with E-state index in [0.717, 1.165) is 11.1 Å². The van der Waals surface area contributed by atoms with E-state index in [4.69, 9.17) is 4.74 Å². The monoisotopic (exact) mass is 422 g/mol. The van der Waals surface area contributed by atoms with E-state index in [1.165, 1.54) is 6.20 Å². The van der Waals surface area contributed by atoms with Crippen molar-refractivity contribution in [1.82, 2.24) is 21.2 Å². The van der Waals surface area contributed by atoms with Gasteiger partial charge in [0.05, 0.1) is 6.54 Å². The number of rotatable bonds is 6. The van der Waals surface area contributed by atoms with Crippen molar-refractivity contribution in [2.45, 2.75) is 13.8 Å². The molecule has 0 spiro atoms. The van der Waals surface area contributed by atoms with Crippen LogP contribution < -0.4 is 26.3 Å². The van der Waals surface area contributed by atoms with Crippen LogP contribution in [0.4, 0.5) is 0 Å². The van der Waals surface area contributed by atoms with Crippen molar-refractivity contribution in [1.29, 1.82) is 0 Å². The highest BCUT2D eigenvalue weighted by Crippen LogP contribution is 2.18. The Labute approximate surface area is 177 Å². The van der Waals surface area contributed by atoms with Crippen LogP contribution in [0.1, 0.15) is 21.5 Å². The summed E-state index contributed by atoms with van der Waals surface area (Å²) in [7, 11) is 0. The second kappa shape index (κ2) is 9.57. The first-order valence-electron chi connectivity index (χ1n) is 9.51. The molecule has 0 fully saturated rings. The van der Waals surface area contributed by atoms with Crippen LogP contribution in [0.3, 0.4) is 0 Å². The number of benzene rings is 2. The zero-order valence-corrected chi connectivity index (χ0v) is 17.1. The van der Waals surface area contributed by atoms with Gasteiger partial charge in [0.2, 0.25) is 5.43 Å². The molecule has 0 aliphatic rings. The number of H-pyrrole nitrogens is 1. The smallest absolute Gasteiger partial charge is 0.276 e. The van der Waals surface area contributed by atoms with E-state index in [1.54, 1.807) is 24.3 Å². The fourth-order valence-electron chi connectivity index (χ4n) is 2.82. The highest BCUT2D eigenvalue weighted by atomic mass is 16.5. The van der Waals surface area contributed by atoms with Crippen molar-refractivity contribution in [3.05, 3.63) is 75.6 Å². The van der Waals surface area contributed by atoms with Gasteiger partial charge in [-0.1, -0.05) is 24.3 Å². The minimum absolute atomic E-state index is 0.113. The predicted octanol–water partition coefficient (Wildman–Crippen LogP) is 1.10. The largest absolute Gasteiger partial charge is 0.483 e. The van der Waals surface area contributed by atoms with Gasteiger partial charge in [-0.25, -0.2) is 0 Å². The Kier molecular flexibility index (Phi) is 6.66. The molecular formula is C22H22N4O5. The molecule has 1 aromatic heterocycles. The molecule has 0 unspecified atom stereocenters. The maximum absolute atomic E-state index is 12.4. The van der Waals surface area contributed by atoms with Crippen LogP contribution in [0, 0.1) is 13.8 Å². The Morgan fingerprint density at radius 1 is 1.00 bits per heavy atom. The van der Waals surface area contributed by atoms with E-state index >= 15 is 0 Å². The molecule has 31 heavy (non-hydrogen) atoms. The molecule has 0 radical (unpaired) electrons. The second-order valence-electron chi connectivity index (χ2n) is 6.91. The zero-order valence-electron chi connectivity index (χ0n) is 17.1. The number of amides is 3. The Hall–Kier alpha value is -4.14. The summed E-state index contributed by atoms with van der Waals surface area (Å²) in [6.45, 7) is 3.05. The molecule has 0 aliphatic carbocycles. The number of aromatic nitrogens is 1. The van der Waals surface area contributed by atoms with Gasteiger partial charge in [0, 0.05) is 17.1 Å². The van der Waals surface area contributed by atoms with E-state index in [-0.39, 0.29) is 12.2 Å². The second-order valence-corrected chi connectivity index (χ2v) is 6.91. The molecule has 9 heteroatoms. The topological polar surface area (TPSA) is 129 Å². The summed E-state index contributed by atoms with van der Waals surface area (Å²) in [5.41, 5.74) is 6.31. The molecule has 0 bridgehead atoms. The lowest BCUT2D eigenvalue weighted by Crippen LogP contribution is -2.48. The third-order valence-electron chi connectivity index (χ3n) is 4.49. The molecule has 3 amide bonds. The Morgan fingerprint density at radius 2 is 1.74 bits per heavy atom. The number of hydrazine groups is 1. The molecule has 2 aromatic carbocycles. The number of aromatic amines is 1. The number of para-hydroxylation sites is 1. The molecule has 0 aliphatic heterocycles. The first-order chi connectivity index (χ1) is 14.8. The van der Waals surface area contributed by atoms with Crippen molar-refractivity contribution < 1.29 is 19.1 Å². The SMILES string of the molecule is Cc1ccc(C)c(OCC(=O)NNC(=O)CNC(=O)c2c[nH]c3ccccc3c2=O)c1. The van der Waals surface area contributed by atoms with Gasteiger partial charge in [-0.05, 0) is 43.2 Å². The molecule has 0 saturated heterocycles. The Balaban J connectivity index is 1.46. The van der Waals surface area contributed by atoms with E-state index in [1.807, 2.05) is 32.0 Å². The molecule has 9 nitrogen and oxygen atoms in total. The molecule has 160 valence electrons. The summed E-state index contributed by atoms with van der Waals surface area (Å²) in [6.07, 6.45) is 1.30. The summed E-state index contributed by atoms with van der Waals surface area (Å²) in [4.78, 5) is 51.3. The van der Waals surface area contributed by atoms with Crippen molar-refractivity contribution >= 4 is 28.6 Å². The lowest BCUT2D eigenvalue weighted by Gasteiger charge is -2.11. The number of carbonyl (C=O) groups excluding carboxylic acids is 3. The van der Waals surface area contributed by atoms with Gasteiger partial charge in [0.1, 0.15) is 11.3 Å². The quantitative estimate of drug-likeness (QED) is 0.442. The third-order valence-corrected chi connectivity index (χ3v) is 4.49. The highest BCUT2D eigenvalue weighted by molar-refractivity contribution is 5.98. The minimum Gasteiger partial charge on any atom is -0.483 e. The van der Waals surface area contributed by atoms with E-state index < -0.39 is 29.7 Å². The fourth-order valence-corrected chi connectivity index (χ4v) is 2.82. The summed E-state index contributed by atoms with van der Waals surface area (Å²) < 4.78 is 5.44. The summed E-state index contributed by atoms with van der Waals surface area (Å²) in [5, 5.41) is 2.72. The molecule has 0 atom stereocenters. The maximum atomic E-state index is 12.4. The number of nitrogens with one attached hydrogen (secondary N) is 4. The highest BCUT2D eigenvalue weighted by Gasteiger charge is 2.14. The number of fused-ring (bicyclic) bond motifs is 1. The number of carbonyl (C=O) groups is 3. The van der Waals surface area contributed by atoms with E-state index in [2.05, 4.69) is 21.2 Å². The summed E-state index contributed by atoms with van der Waals surface area (Å²) in [5.74, 6) is -1.35. The van der Waals surface area contributed by atoms with E-state index in [9.17, 15) is 19.2 Å². The number of pyridine rings is 1. The molecule has 0 saturated carbocycles. The molecular weight excluding hydrogens is 400 g/mol. The van der Waals surface area contributed by atoms with Gasteiger partial charge in [-0.2, -0.15) is 0 Å². The normalized spacial score (nSPS) is 10.4. The van der Waals surface area contributed by atoms with Crippen LogP contribution in [-0.2, 0) is 9.59 Å². The zero-order chi connectivity index (χ0) is 22.4. The summed E-state index contributed by atoms with van der Waals surface area (Å²) in [6, 6.07) is 12.4. The van der Waals surface area contributed by atoms with Gasteiger partial charge in [-0.3, -0.25) is 30.0 Å². The number of hydrogen-bond acceptors (Lipinski definition) is 5. The Bertz CT molecular complexity index is 1200. The van der Waals surface area contributed by atoms with Gasteiger partial charge in [0.15, 0.2) is 6.61 Å². The predicted molar refractivity (Wildman–Crippen MR) is 115 cm³/mol. The lowest BCUT2D eigenvalue weighted by molar-refractivity contribution is -0.129. The third kappa shape index (κ3) is 5.47. The first-order valence-corrected chi connectivity index (χ1v) is 9.51. The van der Waals surface area contributed by atoms with Crippen LogP contribution >= 0.6 is 0 Å². The van der Waals surface area contributed by atoms with Crippen LogP contribution in [-0.4, -0.2) is 35.9 Å².